The Kier molecular flexibility index (Phi) is 6.98. The number of likely N-dealkylation sites (tertiary alicyclic amines) is 1. The molecular weight excluding hydrogens is 423 g/mol. The van der Waals surface area contributed by atoms with Crippen molar-refractivity contribution in [3.05, 3.63) is 39.8 Å². The van der Waals surface area contributed by atoms with Gasteiger partial charge in [0.15, 0.2) is 0 Å². The van der Waals surface area contributed by atoms with Crippen LogP contribution in [0.3, 0.4) is 0 Å². The van der Waals surface area contributed by atoms with Gasteiger partial charge in [-0.2, -0.15) is 4.31 Å². The molecule has 1 N–H and O–H groups in total. The molecule has 0 saturated carbocycles. The molecule has 1 amide bonds. The molecule has 31 heavy (non-hydrogen) atoms. The topological polar surface area (TPSA) is 95.0 Å². The molecule has 0 atom stereocenters. The van der Waals surface area contributed by atoms with E-state index in [4.69, 9.17) is 0 Å². The van der Waals surface area contributed by atoms with Crippen LogP contribution in [-0.2, 0) is 14.8 Å². The molecule has 0 aromatic heterocycles. The van der Waals surface area contributed by atoms with Crippen LogP contribution in [0.25, 0.3) is 6.08 Å². The van der Waals surface area contributed by atoms with E-state index in [0.29, 0.717) is 5.56 Å². The maximum atomic E-state index is 12.9. The van der Waals surface area contributed by atoms with E-state index in [0.717, 1.165) is 22.1 Å². The minimum Gasteiger partial charge on any atom is -0.387 e. The molecule has 3 rings (SSSR count). The number of benzene rings is 1. The molecule has 0 aliphatic carbocycles. The number of aliphatic hydroxyl groups is 1. The molecule has 170 valence electrons. The largest absolute Gasteiger partial charge is 0.387 e. The van der Waals surface area contributed by atoms with Crippen molar-refractivity contribution in [2.75, 3.05) is 32.9 Å². The van der Waals surface area contributed by atoms with Crippen molar-refractivity contribution in [3.8, 4) is 0 Å². The summed E-state index contributed by atoms with van der Waals surface area (Å²) in [5, 5.41) is 11.2. The second-order valence-corrected chi connectivity index (χ2v) is 10.3. The van der Waals surface area contributed by atoms with E-state index < -0.39 is 22.3 Å². The molecule has 0 unspecified atom stereocenters. The Morgan fingerprint density at radius 1 is 1.13 bits per heavy atom. The van der Waals surface area contributed by atoms with E-state index in [1.54, 1.807) is 17.0 Å². The van der Waals surface area contributed by atoms with Gasteiger partial charge in [-0.05, 0) is 61.6 Å². The highest BCUT2D eigenvalue weighted by atomic mass is 32.2. The minimum absolute atomic E-state index is 0.0745. The molecule has 9 heteroatoms. The SMILES string of the molecule is Cc1cc(C(=O)N2CCC(O)(CF)CC2)cc(C)c1/C=C/S(=O)(=O)N1CCC(=O)CC1. The zero-order valence-electron chi connectivity index (χ0n) is 17.9. The fraction of sp³-hybridized carbons (Fsp3) is 0.545. The summed E-state index contributed by atoms with van der Waals surface area (Å²) >= 11 is 0. The van der Waals surface area contributed by atoms with Crippen LogP contribution in [0.1, 0.15) is 52.7 Å². The Morgan fingerprint density at radius 2 is 1.68 bits per heavy atom. The van der Waals surface area contributed by atoms with Crippen LogP contribution >= 0.6 is 0 Å². The molecule has 2 heterocycles. The molecule has 0 spiro atoms. The lowest BCUT2D eigenvalue weighted by Gasteiger charge is -2.36. The van der Waals surface area contributed by atoms with E-state index in [2.05, 4.69) is 0 Å². The van der Waals surface area contributed by atoms with Gasteiger partial charge in [0.1, 0.15) is 12.5 Å². The van der Waals surface area contributed by atoms with Crippen LogP contribution in [-0.4, -0.2) is 72.9 Å². The zero-order valence-corrected chi connectivity index (χ0v) is 18.8. The molecule has 1 aromatic rings. The van der Waals surface area contributed by atoms with Crippen LogP contribution in [0.4, 0.5) is 4.39 Å². The average molecular weight is 453 g/mol. The second-order valence-electron chi connectivity index (χ2n) is 8.46. The Morgan fingerprint density at radius 3 is 2.19 bits per heavy atom. The first-order valence-electron chi connectivity index (χ1n) is 10.4. The number of nitrogens with zero attached hydrogens (tertiary/aromatic N) is 2. The molecule has 2 fully saturated rings. The van der Waals surface area contributed by atoms with Crippen LogP contribution in [0.15, 0.2) is 17.5 Å². The summed E-state index contributed by atoms with van der Waals surface area (Å²) in [7, 11) is -3.62. The molecular formula is C22H29FN2O5S. The van der Waals surface area contributed by atoms with E-state index in [1.807, 2.05) is 13.8 Å². The number of alkyl halides is 1. The highest BCUT2D eigenvalue weighted by Crippen LogP contribution is 2.26. The predicted octanol–water partition coefficient (Wildman–Crippen LogP) is 2.21. The van der Waals surface area contributed by atoms with Gasteiger partial charge in [-0.25, -0.2) is 12.8 Å². The molecule has 1 aromatic carbocycles. The van der Waals surface area contributed by atoms with Gasteiger partial charge >= 0.3 is 0 Å². The fourth-order valence-corrected chi connectivity index (χ4v) is 5.21. The smallest absolute Gasteiger partial charge is 0.253 e. The van der Waals surface area contributed by atoms with E-state index in [-0.39, 0.29) is 63.6 Å². The van der Waals surface area contributed by atoms with Gasteiger partial charge in [-0.1, -0.05) is 0 Å². The van der Waals surface area contributed by atoms with Crippen LogP contribution in [0.5, 0.6) is 0 Å². The number of halogens is 1. The number of rotatable bonds is 5. The van der Waals surface area contributed by atoms with Crippen molar-refractivity contribution < 1.29 is 27.5 Å². The maximum Gasteiger partial charge on any atom is 0.253 e. The van der Waals surface area contributed by atoms with E-state index in [1.165, 1.54) is 10.4 Å². The Labute approximate surface area is 182 Å². The number of ketones is 1. The summed E-state index contributed by atoms with van der Waals surface area (Å²) in [6.07, 6.45) is 2.41. The number of carbonyl (C=O) groups is 2. The van der Waals surface area contributed by atoms with E-state index >= 15 is 0 Å². The van der Waals surface area contributed by atoms with Crippen molar-refractivity contribution in [1.29, 1.82) is 0 Å². The lowest BCUT2D eigenvalue weighted by Crippen LogP contribution is -2.47. The summed E-state index contributed by atoms with van der Waals surface area (Å²) in [5.74, 6) is -0.112. The third-order valence-corrected chi connectivity index (χ3v) is 7.68. The van der Waals surface area contributed by atoms with Crippen molar-refractivity contribution >= 4 is 27.8 Å². The zero-order chi connectivity index (χ0) is 22.8. The number of hydrogen-bond donors (Lipinski definition) is 1. The summed E-state index contributed by atoms with van der Waals surface area (Å²) in [4.78, 5) is 25.8. The lowest BCUT2D eigenvalue weighted by atomic mass is 9.92. The van der Waals surface area contributed by atoms with Crippen LogP contribution in [0, 0.1) is 13.8 Å². The number of aryl methyl sites for hydroxylation is 2. The Hall–Kier alpha value is -2.10. The Bertz CT molecular complexity index is 964. The number of sulfonamides is 1. The molecule has 0 bridgehead atoms. The highest BCUT2D eigenvalue weighted by molar-refractivity contribution is 7.92. The number of piperidine rings is 2. The summed E-state index contributed by atoms with van der Waals surface area (Å²) in [5.41, 5.74) is 1.39. The quantitative estimate of drug-likeness (QED) is 0.739. The van der Waals surface area contributed by atoms with Crippen LogP contribution in [0.2, 0.25) is 0 Å². The molecule has 0 radical (unpaired) electrons. The third-order valence-electron chi connectivity index (χ3n) is 6.12. The van der Waals surface area contributed by atoms with Gasteiger partial charge < -0.3 is 10.0 Å². The molecule has 2 aliphatic heterocycles. The first-order valence-corrected chi connectivity index (χ1v) is 11.9. The van der Waals surface area contributed by atoms with Gasteiger partial charge in [-0.15, -0.1) is 0 Å². The van der Waals surface area contributed by atoms with Crippen molar-refractivity contribution in [2.24, 2.45) is 0 Å². The Balaban J connectivity index is 1.74. The van der Waals surface area contributed by atoms with Crippen molar-refractivity contribution in [2.45, 2.75) is 45.1 Å². The maximum absolute atomic E-state index is 12.9. The first kappa shape index (κ1) is 23.6. The summed E-state index contributed by atoms with van der Waals surface area (Å²) in [6.45, 7) is 3.78. The normalized spacial score (nSPS) is 20.4. The monoisotopic (exact) mass is 452 g/mol. The average Bonchev–Trinajstić information content (AvgIpc) is 2.73. The number of Topliss-reactive ketones (excluding diaryl/α,β-unsaturated/α-hetero) is 1. The van der Waals surface area contributed by atoms with Gasteiger partial charge in [0.2, 0.25) is 10.0 Å². The standard InChI is InChI=1S/C22H29FN2O5S/c1-16-13-18(21(27)24-10-6-22(28,15-23)7-11-24)14-17(2)20(16)5-12-31(29,30)25-8-3-19(26)4-9-25/h5,12-14,28H,3-4,6-11,15H2,1-2H3/b12-5+. The third kappa shape index (κ3) is 5.39. The molecule has 7 nitrogen and oxygen atoms in total. The van der Waals surface area contributed by atoms with E-state index in [9.17, 15) is 27.5 Å². The lowest BCUT2D eigenvalue weighted by molar-refractivity contribution is -0.120. The summed E-state index contributed by atoms with van der Waals surface area (Å²) in [6, 6.07) is 3.44. The van der Waals surface area contributed by atoms with Gasteiger partial charge in [0.05, 0.1) is 5.60 Å². The number of carbonyl (C=O) groups excluding carboxylic acids is 2. The van der Waals surface area contributed by atoms with Crippen molar-refractivity contribution in [3.63, 3.8) is 0 Å². The van der Waals surface area contributed by atoms with Gasteiger partial charge in [0, 0.05) is 50.0 Å². The molecule has 2 saturated heterocycles. The van der Waals surface area contributed by atoms with Gasteiger partial charge in [-0.3, -0.25) is 9.59 Å². The predicted molar refractivity (Wildman–Crippen MR) is 116 cm³/mol. The van der Waals surface area contributed by atoms with Gasteiger partial charge in [0.25, 0.3) is 5.91 Å². The molecule has 2 aliphatic rings. The second kappa shape index (κ2) is 9.18. The van der Waals surface area contributed by atoms with Crippen LogP contribution < -0.4 is 0 Å². The van der Waals surface area contributed by atoms with Crippen molar-refractivity contribution in [1.82, 2.24) is 9.21 Å². The first-order chi connectivity index (χ1) is 14.5. The number of amides is 1. The highest BCUT2D eigenvalue weighted by Gasteiger charge is 2.34. The minimum atomic E-state index is -3.62. The number of hydrogen-bond acceptors (Lipinski definition) is 5. The fourth-order valence-electron chi connectivity index (χ4n) is 4.03. The summed E-state index contributed by atoms with van der Waals surface area (Å²) < 4.78 is 39.4.